The van der Waals surface area contributed by atoms with Gasteiger partial charge in [0.2, 0.25) is 0 Å². The van der Waals surface area contributed by atoms with E-state index >= 15 is 0 Å². The molecule has 0 saturated heterocycles. The molecule has 0 saturated carbocycles. The van der Waals surface area contributed by atoms with Gasteiger partial charge >= 0.3 is 5.97 Å². The third kappa shape index (κ3) is 2.72. The molecule has 0 radical (unpaired) electrons. The van der Waals surface area contributed by atoms with E-state index in [0.29, 0.717) is 12.0 Å². The first-order valence-corrected chi connectivity index (χ1v) is 6.86. The van der Waals surface area contributed by atoms with Crippen LogP contribution >= 0.6 is 11.8 Å². The molecular formula is C15H13NO2S. The fourth-order valence-corrected chi connectivity index (χ4v) is 2.96. The number of nitriles is 1. The third-order valence-corrected chi connectivity index (χ3v) is 4.35. The smallest absolute Gasteiger partial charge is 0.316 e. The van der Waals surface area contributed by atoms with Crippen LogP contribution in [-0.4, -0.2) is 16.3 Å². The second-order valence-electron chi connectivity index (χ2n) is 4.12. The molecule has 2 aromatic rings. The average molecular weight is 271 g/mol. The van der Waals surface area contributed by atoms with Crippen LogP contribution in [0.25, 0.3) is 10.8 Å². The fraction of sp³-hybridized carbons (Fsp3) is 0.200. The van der Waals surface area contributed by atoms with Crippen molar-refractivity contribution < 1.29 is 9.90 Å². The van der Waals surface area contributed by atoms with E-state index in [1.54, 1.807) is 6.07 Å². The van der Waals surface area contributed by atoms with Crippen LogP contribution in [0.5, 0.6) is 0 Å². The van der Waals surface area contributed by atoms with E-state index in [1.165, 1.54) is 11.8 Å². The molecule has 3 nitrogen and oxygen atoms in total. The number of rotatable bonds is 4. The van der Waals surface area contributed by atoms with Crippen LogP contribution in [0, 0.1) is 11.3 Å². The van der Waals surface area contributed by atoms with Crippen LogP contribution in [0.2, 0.25) is 0 Å². The van der Waals surface area contributed by atoms with Crippen LogP contribution in [0.1, 0.15) is 18.9 Å². The number of hydrogen-bond donors (Lipinski definition) is 1. The molecule has 0 amide bonds. The summed E-state index contributed by atoms with van der Waals surface area (Å²) in [5.41, 5.74) is 0.614. The van der Waals surface area contributed by atoms with Crippen molar-refractivity contribution in [1.29, 1.82) is 5.26 Å². The zero-order valence-electron chi connectivity index (χ0n) is 10.5. The van der Waals surface area contributed by atoms with Crippen LogP contribution in [-0.2, 0) is 4.79 Å². The second-order valence-corrected chi connectivity index (χ2v) is 5.37. The molecule has 0 aliphatic rings. The van der Waals surface area contributed by atoms with Gasteiger partial charge in [0.25, 0.3) is 0 Å². The highest BCUT2D eigenvalue weighted by atomic mass is 32.2. The molecule has 2 aromatic carbocycles. The highest BCUT2D eigenvalue weighted by Gasteiger charge is 2.18. The Morgan fingerprint density at radius 2 is 2.00 bits per heavy atom. The molecule has 19 heavy (non-hydrogen) atoms. The van der Waals surface area contributed by atoms with E-state index in [0.717, 1.165) is 15.7 Å². The first kappa shape index (κ1) is 13.4. The SMILES string of the molecule is CCC(Sc1ccc(C#N)c2ccccc12)C(=O)O. The first-order chi connectivity index (χ1) is 9.17. The van der Waals surface area contributed by atoms with E-state index in [2.05, 4.69) is 6.07 Å². The molecule has 0 spiro atoms. The lowest BCUT2D eigenvalue weighted by Crippen LogP contribution is -2.14. The third-order valence-electron chi connectivity index (χ3n) is 2.92. The number of carboxylic acids is 1. The maximum atomic E-state index is 11.1. The minimum atomic E-state index is -0.805. The largest absolute Gasteiger partial charge is 0.480 e. The molecule has 0 bridgehead atoms. The number of thioether (sulfide) groups is 1. The van der Waals surface area contributed by atoms with Crippen molar-refractivity contribution in [3.63, 3.8) is 0 Å². The molecule has 96 valence electrons. The summed E-state index contributed by atoms with van der Waals surface area (Å²) in [6.07, 6.45) is 0.564. The fourth-order valence-electron chi connectivity index (χ4n) is 1.93. The van der Waals surface area contributed by atoms with Crippen molar-refractivity contribution in [1.82, 2.24) is 0 Å². The van der Waals surface area contributed by atoms with E-state index in [-0.39, 0.29) is 0 Å². The van der Waals surface area contributed by atoms with Gasteiger partial charge in [-0.3, -0.25) is 4.79 Å². The van der Waals surface area contributed by atoms with Crippen molar-refractivity contribution in [2.75, 3.05) is 0 Å². The summed E-state index contributed by atoms with van der Waals surface area (Å²) in [5.74, 6) is -0.805. The van der Waals surface area contributed by atoms with Gasteiger partial charge in [-0.05, 0) is 23.9 Å². The molecule has 0 aliphatic carbocycles. The number of carbonyl (C=O) groups is 1. The number of benzene rings is 2. The van der Waals surface area contributed by atoms with E-state index in [9.17, 15) is 4.79 Å². The summed E-state index contributed by atoms with van der Waals surface area (Å²) in [6.45, 7) is 1.86. The molecular weight excluding hydrogens is 258 g/mol. The monoisotopic (exact) mass is 271 g/mol. The molecule has 1 N–H and O–H groups in total. The molecule has 0 aromatic heterocycles. The summed E-state index contributed by atoms with van der Waals surface area (Å²) < 4.78 is 0. The van der Waals surface area contributed by atoms with Crippen molar-refractivity contribution in [3.8, 4) is 6.07 Å². The Kier molecular flexibility index (Phi) is 4.08. The highest BCUT2D eigenvalue weighted by molar-refractivity contribution is 8.00. The van der Waals surface area contributed by atoms with E-state index in [4.69, 9.17) is 10.4 Å². The van der Waals surface area contributed by atoms with Gasteiger partial charge in [-0.25, -0.2) is 0 Å². The van der Waals surface area contributed by atoms with Crippen molar-refractivity contribution in [3.05, 3.63) is 42.0 Å². The van der Waals surface area contributed by atoms with E-state index in [1.807, 2.05) is 37.3 Å². The Hall–Kier alpha value is -1.99. The van der Waals surface area contributed by atoms with Crippen molar-refractivity contribution in [2.24, 2.45) is 0 Å². The first-order valence-electron chi connectivity index (χ1n) is 5.98. The maximum Gasteiger partial charge on any atom is 0.316 e. The summed E-state index contributed by atoms with van der Waals surface area (Å²) >= 11 is 1.34. The number of hydrogen-bond acceptors (Lipinski definition) is 3. The number of carboxylic acid groups (broad SMARTS) is 1. The summed E-state index contributed by atoms with van der Waals surface area (Å²) in [7, 11) is 0. The molecule has 1 unspecified atom stereocenters. The average Bonchev–Trinajstić information content (AvgIpc) is 2.44. The van der Waals surface area contributed by atoms with Gasteiger partial charge in [0.1, 0.15) is 5.25 Å². The summed E-state index contributed by atoms with van der Waals surface area (Å²) in [6, 6.07) is 13.3. The summed E-state index contributed by atoms with van der Waals surface area (Å²) in [5, 5.41) is 19.6. The quantitative estimate of drug-likeness (QED) is 0.862. The zero-order chi connectivity index (χ0) is 13.8. The topological polar surface area (TPSA) is 61.1 Å². The maximum absolute atomic E-state index is 11.1. The van der Waals surface area contributed by atoms with Gasteiger partial charge in [-0.2, -0.15) is 5.26 Å². The standard InChI is InChI=1S/C15H13NO2S/c1-2-13(15(17)18)19-14-8-7-10(9-16)11-5-3-4-6-12(11)14/h3-8,13H,2H2,1H3,(H,17,18). The van der Waals surface area contributed by atoms with Crippen LogP contribution < -0.4 is 0 Å². The lowest BCUT2D eigenvalue weighted by molar-refractivity contribution is -0.136. The minimum absolute atomic E-state index is 0.462. The molecule has 1 atom stereocenters. The Bertz CT molecular complexity index is 661. The number of nitrogens with zero attached hydrogens (tertiary/aromatic N) is 1. The van der Waals surface area contributed by atoms with Gasteiger partial charge < -0.3 is 5.11 Å². The Balaban J connectivity index is 2.51. The van der Waals surface area contributed by atoms with Crippen LogP contribution in [0.15, 0.2) is 41.3 Å². The molecule has 0 aliphatic heterocycles. The minimum Gasteiger partial charge on any atom is -0.480 e. The Morgan fingerprint density at radius 1 is 1.32 bits per heavy atom. The second kappa shape index (κ2) is 5.77. The van der Waals surface area contributed by atoms with Gasteiger partial charge in [0.15, 0.2) is 0 Å². The molecule has 0 heterocycles. The normalized spacial score (nSPS) is 12.0. The van der Waals surface area contributed by atoms with Gasteiger partial charge in [0.05, 0.1) is 11.6 Å². The highest BCUT2D eigenvalue weighted by Crippen LogP contribution is 2.33. The molecule has 0 fully saturated rings. The lowest BCUT2D eigenvalue weighted by Gasteiger charge is -2.12. The van der Waals surface area contributed by atoms with E-state index < -0.39 is 11.2 Å². The molecule has 4 heteroatoms. The predicted octanol–water partition coefficient (Wildman–Crippen LogP) is 3.67. The number of aliphatic carboxylic acids is 1. The van der Waals surface area contributed by atoms with Gasteiger partial charge in [-0.1, -0.05) is 31.2 Å². The Labute approximate surface area is 115 Å². The van der Waals surface area contributed by atoms with Crippen LogP contribution in [0.4, 0.5) is 0 Å². The Morgan fingerprint density at radius 3 is 2.58 bits per heavy atom. The number of fused-ring (bicyclic) bond motifs is 1. The predicted molar refractivity (Wildman–Crippen MR) is 76.2 cm³/mol. The lowest BCUT2D eigenvalue weighted by atomic mass is 10.1. The summed E-state index contributed by atoms with van der Waals surface area (Å²) in [4.78, 5) is 12.0. The zero-order valence-corrected chi connectivity index (χ0v) is 11.3. The van der Waals surface area contributed by atoms with Crippen LogP contribution in [0.3, 0.4) is 0 Å². The van der Waals surface area contributed by atoms with Crippen molar-refractivity contribution in [2.45, 2.75) is 23.5 Å². The van der Waals surface area contributed by atoms with Gasteiger partial charge in [0, 0.05) is 10.3 Å². The van der Waals surface area contributed by atoms with Gasteiger partial charge in [-0.15, -0.1) is 11.8 Å². The van der Waals surface area contributed by atoms with Crippen molar-refractivity contribution >= 4 is 28.5 Å². The molecule has 2 rings (SSSR count).